The molecule has 0 bridgehead atoms. The molecule has 0 spiro atoms. The van der Waals surface area contributed by atoms with Crippen LogP contribution < -0.4 is 21.7 Å². The monoisotopic (exact) mass is 553 g/mol. The number of amides is 2. The van der Waals surface area contributed by atoms with E-state index in [9.17, 15) is 4.79 Å². The van der Waals surface area contributed by atoms with Gasteiger partial charge in [0.15, 0.2) is 17.0 Å². The minimum Gasteiger partial charge on any atom is -0.365 e. The number of nitrogens with two attached hydrogens (primary N) is 1. The average Bonchev–Trinajstić information content (AvgIpc) is 3.54. The molecular weight excluding hydrogens is 513 g/mol. The second-order valence-electron chi connectivity index (χ2n) is 10.3. The number of halogens is 2. The Morgan fingerprint density at radius 1 is 1.00 bits per heavy atom. The summed E-state index contributed by atoms with van der Waals surface area (Å²) in [6.45, 7) is 5.56. The van der Waals surface area contributed by atoms with Crippen molar-refractivity contribution < 1.29 is 4.79 Å². The summed E-state index contributed by atoms with van der Waals surface area (Å²) in [5, 5.41) is 10.1. The summed E-state index contributed by atoms with van der Waals surface area (Å²) in [4.78, 5) is 28.7. The maximum absolute atomic E-state index is 12.3. The number of rotatable bonds is 7. The lowest BCUT2D eigenvalue weighted by Crippen LogP contribution is -2.47. The van der Waals surface area contributed by atoms with E-state index in [0.717, 1.165) is 55.5 Å². The third-order valence-corrected chi connectivity index (χ3v) is 7.77. The van der Waals surface area contributed by atoms with Crippen LogP contribution in [0.25, 0.3) is 11.2 Å². The van der Waals surface area contributed by atoms with Crippen LogP contribution in [0.2, 0.25) is 0 Å². The van der Waals surface area contributed by atoms with Crippen LogP contribution >= 0.6 is 24.8 Å². The number of fused-ring (bicyclic) bond motifs is 1. The van der Waals surface area contributed by atoms with Crippen LogP contribution in [-0.2, 0) is 0 Å². The van der Waals surface area contributed by atoms with Crippen molar-refractivity contribution in [3.63, 3.8) is 0 Å². The molecule has 0 unspecified atom stereocenters. The molecule has 1 saturated heterocycles. The first-order chi connectivity index (χ1) is 17.1. The van der Waals surface area contributed by atoms with Crippen LogP contribution in [0, 0.1) is 0 Å². The molecule has 12 heteroatoms. The number of imidazole rings is 1. The molecule has 2 aliphatic carbocycles. The molecule has 0 atom stereocenters. The van der Waals surface area contributed by atoms with E-state index in [2.05, 4.69) is 27.1 Å². The number of hydrogen-bond donors (Lipinski definition) is 4. The molecule has 3 fully saturated rings. The van der Waals surface area contributed by atoms with Gasteiger partial charge in [0.05, 0.1) is 6.33 Å². The van der Waals surface area contributed by atoms with Crippen molar-refractivity contribution in [3.8, 4) is 0 Å². The fourth-order valence-corrected chi connectivity index (χ4v) is 5.67. The van der Waals surface area contributed by atoms with Gasteiger partial charge in [-0.15, -0.1) is 31.4 Å². The van der Waals surface area contributed by atoms with Crippen LogP contribution in [0.1, 0.15) is 70.3 Å². The number of aromatic nitrogens is 4. The average molecular weight is 555 g/mol. The molecule has 10 nitrogen and oxygen atoms in total. The zero-order valence-corrected chi connectivity index (χ0v) is 23.0. The minimum atomic E-state index is -0.0261. The molecule has 3 aliphatic rings. The lowest BCUT2D eigenvalue weighted by molar-refractivity contribution is 0.184. The SMILES string of the molecule is C=CCNC(=O)N1CCC(Nc2nc(N[C@H]3CC[C@H](N)CC3)nc3c2ncn3C2CCCC2)CC1.Cl.Cl. The Morgan fingerprint density at radius 3 is 2.35 bits per heavy atom. The number of anilines is 2. The van der Waals surface area contributed by atoms with Gasteiger partial charge in [-0.1, -0.05) is 18.9 Å². The smallest absolute Gasteiger partial charge is 0.317 e. The summed E-state index contributed by atoms with van der Waals surface area (Å²) in [5.41, 5.74) is 7.85. The van der Waals surface area contributed by atoms with E-state index in [1.54, 1.807) is 6.08 Å². The maximum Gasteiger partial charge on any atom is 0.317 e. The summed E-state index contributed by atoms with van der Waals surface area (Å²) >= 11 is 0. The first kappa shape index (κ1) is 29.3. The molecule has 2 aromatic rings. The lowest BCUT2D eigenvalue weighted by Gasteiger charge is -2.32. The highest BCUT2D eigenvalue weighted by Crippen LogP contribution is 2.33. The van der Waals surface area contributed by atoms with E-state index in [1.165, 1.54) is 25.7 Å². The van der Waals surface area contributed by atoms with Gasteiger partial charge in [-0.25, -0.2) is 9.78 Å². The summed E-state index contributed by atoms with van der Waals surface area (Å²) in [6.07, 6.45) is 14.4. The third-order valence-electron chi connectivity index (χ3n) is 7.77. The predicted molar refractivity (Wildman–Crippen MR) is 153 cm³/mol. The minimum absolute atomic E-state index is 0. The van der Waals surface area contributed by atoms with Gasteiger partial charge in [0, 0.05) is 43.8 Å². The van der Waals surface area contributed by atoms with Gasteiger partial charge in [0.1, 0.15) is 0 Å². The molecule has 2 amide bonds. The fourth-order valence-electron chi connectivity index (χ4n) is 5.67. The van der Waals surface area contributed by atoms with E-state index in [4.69, 9.17) is 20.7 Å². The van der Waals surface area contributed by atoms with Crippen molar-refractivity contribution >= 4 is 53.8 Å². The number of likely N-dealkylation sites (tertiary alicyclic amines) is 1. The first-order valence-electron chi connectivity index (χ1n) is 13.3. The molecule has 5 N–H and O–H groups in total. The Morgan fingerprint density at radius 2 is 1.68 bits per heavy atom. The fraction of sp³-hybridized carbons (Fsp3) is 0.680. The molecule has 1 aliphatic heterocycles. The molecule has 5 rings (SSSR count). The van der Waals surface area contributed by atoms with Gasteiger partial charge in [0.2, 0.25) is 5.95 Å². The Hall–Kier alpha value is -2.30. The lowest BCUT2D eigenvalue weighted by atomic mass is 9.92. The van der Waals surface area contributed by atoms with Gasteiger partial charge in [0.25, 0.3) is 0 Å². The highest BCUT2D eigenvalue weighted by molar-refractivity contribution is 5.86. The van der Waals surface area contributed by atoms with Crippen molar-refractivity contribution in [3.05, 3.63) is 19.0 Å². The normalized spacial score (nSPS) is 22.7. The van der Waals surface area contributed by atoms with Gasteiger partial charge in [-0.2, -0.15) is 9.97 Å². The number of carbonyl (C=O) groups excluding carboxylic acids is 1. The molecule has 3 heterocycles. The van der Waals surface area contributed by atoms with Gasteiger partial charge in [-0.05, 0) is 51.4 Å². The number of urea groups is 1. The second kappa shape index (κ2) is 13.5. The van der Waals surface area contributed by atoms with Crippen molar-refractivity contribution in [1.82, 2.24) is 29.7 Å². The maximum atomic E-state index is 12.3. The van der Waals surface area contributed by atoms with Crippen molar-refractivity contribution in [2.24, 2.45) is 5.73 Å². The van der Waals surface area contributed by atoms with Crippen molar-refractivity contribution in [2.45, 2.75) is 88.4 Å². The number of piperidine rings is 1. The van der Waals surface area contributed by atoms with Gasteiger partial charge in [-0.3, -0.25) is 0 Å². The molecule has 2 aromatic heterocycles. The largest absolute Gasteiger partial charge is 0.365 e. The Kier molecular flexibility index (Phi) is 10.7. The molecule has 0 aromatic carbocycles. The van der Waals surface area contributed by atoms with E-state index in [1.807, 2.05) is 11.2 Å². The molecule has 37 heavy (non-hydrogen) atoms. The highest BCUT2D eigenvalue weighted by Gasteiger charge is 2.27. The summed E-state index contributed by atoms with van der Waals surface area (Å²) in [6, 6.07) is 1.32. The predicted octanol–water partition coefficient (Wildman–Crippen LogP) is 4.24. The number of hydrogen-bond acceptors (Lipinski definition) is 7. The Balaban J connectivity index is 0.00000190. The van der Waals surface area contributed by atoms with E-state index in [0.29, 0.717) is 43.7 Å². The van der Waals surface area contributed by atoms with E-state index in [-0.39, 0.29) is 36.9 Å². The highest BCUT2D eigenvalue weighted by atomic mass is 35.5. The summed E-state index contributed by atoms with van der Waals surface area (Å²) < 4.78 is 2.25. The van der Waals surface area contributed by atoms with E-state index < -0.39 is 0 Å². The topological polar surface area (TPSA) is 126 Å². The van der Waals surface area contributed by atoms with Crippen LogP contribution in [0.3, 0.4) is 0 Å². The molecule has 0 radical (unpaired) electrons. The first-order valence-corrected chi connectivity index (χ1v) is 13.3. The van der Waals surface area contributed by atoms with Crippen LogP contribution in [0.5, 0.6) is 0 Å². The quantitative estimate of drug-likeness (QED) is 0.377. The number of nitrogens with one attached hydrogen (secondary N) is 3. The Labute approximate surface area is 231 Å². The summed E-state index contributed by atoms with van der Waals surface area (Å²) in [5.74, 6) is 1.46. The number of carbonyl (C=O) groups is 1. The second-order valence-corrected chi connectivity index (χ2v) is 10.3. The van der Waals surface area contributed by atoms with Gasteiger partial charge < -0.3 is 31.2 Å². The standard InChI is InChI=1S/C25H39N9O.2ClH/c1-2-13-27-25(35)33-14-11-19(12-15-33)29-22-21-23(34(16-28-21)20-5-3-4-6-20)32-24(31-22)30-18-9-7-17(26)8-10-18;;/h2,16-20H,1,3-15,26H2,(H,27,35)(H2,29,30,31,32);2*1H/t17-,18-;;. The van der Waals surface area contributed by atoms with Crippen molar-refractivity contribution in [1.29, 1.82) is 0 Å². The Bertz CT molecular complexity index is 1030. The van der Waals surface area contributed by atoms with Crippen LogP contribution in [-0.4, -0.2) is 68.2 Å². The number of nitrogens with zero attached hydrogens (tertiary/aromatic N) is 5. The van der Waals surface area contributed by atoms with Crippen LogP contribution in [0.4, 0.5) is 16.6 Å². The van der Waals surface area contributed by atoms with Gasteiger partial charge >= 0.3 is 6.03 Å². The molecule has 2 saturated carbocycles. The zero-order valence-electron chi connectivity index (χ0n) is 21.4. The summed E-state index contributed by atoms with van der Waals surface area (Å²) in [7, 11) is 0. The molecule has 206 valence electrons. The third kappa shape index (κ3) is 6.97. The van der Waals surface area contributed by atoms with Crippen molar-refractivity contribution in [2.75, 3.05) is 30.3 Å². The zero-order chi connectivity index (χ0) is 24.2. The van der Waals surface area contributed by atoms with E-state index >= 15 is 0 Å². The van der Waals surface area contributed by atoms with Crippen LogP contribution in [0.15, 0.2) is 19.0 Å². The molecular formula is C25H41Cl2N9O.